The number of hydrazone groups is 1. The maximum atomic E-state index is 11.7. The average molecular weight is 440 g/mol. The van der Waals surface area contributed by atoms with Crippen LogP contribution in [0.5, 0.6) is 17.2 Å². The van der Waals surface area contributed by atoms with Crippen LogP contribution in [0.25, 0.3) is 0 Å². The molecule has 2 aromatic rings. The Balaban J connectivity index is 1.86. The lowest BCUT2D eigenvalue weighted by atomic mass is 10.2. The van der Waals surface area contributed by atoms with Gasteiger partial charge < -0.3 is 14.2 Å². The van der Waals surface area contributed by atoms with Crippen molar-refractivity contribution in [2.24, 2.45) is 5.10 Å². The van der Waals surface area contributed by atoms with Gasteiger partial charge in [0.25, 0.3) is 5.91 Å². The van der Waals surface area contributed by atoms with Crippen LogP contribution in [0.2, 0.25) is 0 Å². The number of amides is 1. The molecule has 0 saturated heterocycles. The largest absolute Gasteiger partial charge is 0.497 e. The highest BCUT2D eigenvalue weighted by Gasteiger charge is 2.04. The number of hydrogen-bond donors (Lipinski definition) is 1. The topological polar surface area (TPSA) is 69.2 Å². The third kappa shape index (κ3) is 5.41. The maximum Gasteiger partial charge on any atom is 0.277 e. The lowest BCUT2D eigenvalue weighted by Gasteiger charge is -2.07. The smallest absolute Gasteiger partial charge is 0.277 e. The number of carbonyl (C=O) groups is 1. The highest BCUT2D eigenvalue weighted by atomic mass is 127. The van der Waals surface area contributed by atoms with Gasteiger partial charge in [0, 0.05) is 15.2 Å². The predicted molar refractivity (Wildman–Crippen MR) is 99.9 cm³/mol. The summed E-state index contributed by atoms with van der Waals surface area (Å²) in [5, 5.41) is 3.91. The zero-order valence-electron chi connectivity index (χ0n) is 13.3. The maximum absolute atomic E-state index is 11.7. The Morgan fingerprint density at radius 3 is 2.50 bits per heavy atom. The highest BCUT2D eigenvalue weighted by molar-refractivity contribution is 14.1. The van der Waals surface area contributed by atoms with Gasteiger partial charge in [0.1, 0.15) is 17.2 Å². The van der Waals surface area contributed by atoms with E-state index in [9.17, 15) is 4.79 Å². The van der Waals surface area contributed by atoms with E-state index in [0.29, 0.717) is 17.2 Å². The van der Waals surface area contributed by atoms with E-state index in [0.717, 1.165) is 9.13 Å². The number of benzene rings is 2. The zero-order valence-corrected chi connectivity index (χ0v) is 15.4. The van der Waals surface area contributed by atoms with Crippen LogP contribution in [0.15, 0.2) is 47.6 Å². The first-order chi connectivity index (χ1) is 11.6. The minimum atomic E-state index is -0.350. The van der Waals surface area contributed by atoms with Crippen LogP contribution in [0.4, 0.5) is 0 Å². The SMILES string of the molecule is COc1ccc(C=NNC(=O)COc2ccc(I)cc2)c(OC)c1. The van der Waals surface area contributed by atoms with Crippen LogP contribution < -0.4 is 19.6 Å². The van der Waals surface area contributed by atoms with Crippen LogP contribution in [-0.4, -0.2) is 32.9 Å². The fourth-order valence-electron chi connectivity index (χ4n) is 1.81. The van der Waals surface area contributed by atoms with Crippen molar-refractivity contribution < 1.29 is 19.0 Å². The molecule has 0 heterocycles. The van der Waals surface area contributed by atoms with Crippen molar-refractivity contribution in [3.8, 4) is 17.2 Å². The van der Waals surface area contributed by atoms with Crippen molar-refractivity contribution in [1.29, 1.82) is 0 Å². The standard InChI is InChI=1S/C17H17IN2O4/c1-22-15-6-3-12(16(9-15)23-2)10-19-20-17(21)11-24-14-7-4-13(18)5-8-14/h3-10H,11H2,1-2H3,(H,20,21). The predicted octanol–water partition coefficient (Wildman–Crippen LogP) is 2.84. The highest BCUT2D eigenvalue weighted by Crippen LogP contribution is 2.22. The van der Waals surface area contributed by atoms with Crippen molar-refractivity contribution in [3.63, 3.8) is 0 Å². The summed E-state index contributed by atoms with van der Waals surface area (Å²) in [7, 11) is 3.13. The van der Waals surface area contributed by atoms with Crippen molar-refractivity contribution in [2.75, 3.05) is 20.8 Å². The first-order valence-corrected chi connectivity index (χ1v) is 8.12. The summed E-state index contributed by atoms with van der Waals surface area (Å²) in [4.78, 5) is 11.7. The van der Waals surface area contributed by atoms with E-state index in [1.54, 1.807) is 44.6 Å². The van der Waals surface area contributed by atoms with E-state index in [1.165, 1.54) is 6.21 Å². The Bertz CT molecular complexity index is 717. The van der Waals surface area contributed by atoms with Gasteiger partial charge in [0.05, 0.1) is 20.4 Å². The van der Waals surface area contributed by atoms with E-state index in [-0.39, 0.29) is 12.5 Å². The van der Waals surface area contributed by atoms with Crippen LogP contribution in [0.3, 0.4) is 0 Å². The monoisotopic (exact) mass is 440 g/mol. The van der Waals surface area contributed by atoms with Crippen molar-refractivity contribution in [2.45, 2.75) is 0 Å². The van der Waals surface area contributed by atoms with Crippen molar-refractivity contribution >= 4 is 34.7 Å². The molecular formula is C17H17IN2O4. The molecule has 2 aromatic carbocycles. The molecule has 7 heteroatoms. The van der Waals surface area contributed by atoms with Gasteiger partial charge in [-0.05, 0) is 59.0 Å². The van der Waals surface area contributed by atoms with Gasteiger partial charge in [0.15, 0.2) is 6.61 Å². The molecule has 0 radical (unpaired) electrons. The number of halogens is 1. The molecule has 1 N–H and O–H groups in total. The summed E-state index contributed by atoms with van der Waals surface area (Å²) in [6, 6.07) is 12.7. The van der Waals surface area contributed by atoms with E-state index in [2.05, 4.69) is 33.1 Å². The molecular weight excluding hydrogens is 423 g/mol. The summed E-state index contributed by atoms with van der Waals surface area (Å²) in [6.07, 6.45) is 1.50. The van der Waals surface area contributed by atoms with Crippen molar-refractivity contribution in [3.05, 3.63) is 51.6 Å². The molecule has 0 aliphatic heterocycles. The van der Waals surface area contributed by atoms with E-state index in [4.69, 9.17) is 14.2 Å². The summed E-state index contributed by atoms with van der Waals surface area (Å²) in [5.41, 5.74) is 3.13. The fraction of sp³-hybridized carbons (Fsp3) is 0.176. The van der Waals surface area contributed by atoms with Gasteiger partial charge in [-0.1, -0.05) is 0 Å². The Labute approximate surface area is 153 Å². The second-order valence-corrected chi connectivity index (χ2v) is 5.89. The summed E-state index contributed by atoms with van der Waals surface area (Å²) in [6.45, 7) is -0.113. The van der Waals surface area contributed by atoms with Gasteiger partial charge >= 0.3 is 0 Å². The number of nitrogens with one attached hydrogen (secondary N) is 1. The second kappa shape index (κ2) is 9.11. The molecule has 2 rings (SSSR count). The zero-order chi connectivity index (χ0) is 17.4. The first-order valence-electron chi connectivity index (χ1n) is 7.04. The summed E-state index contributed by atoms with van der Waals surface area (Å²) >= 11 is 2.20. The van der Waals surface area contributed by atoms with Crippen molar-refractivity contribution in [1.82, 2.24) is 5.43 Å². The molecule has 0 aliphatic rings. The number of ether oxygens (including phenoxy) is 3. The minimum Gasteiger partial charge on any atom is -0.497 e. The molecule has 0 bridgehead atoms. The van der Waals surface area contributed by atoms with Crippen LogP contribution in [-0.2, 0) is 4.79 Å². The second-order valence-electron chi connectivity index (χ2n) is 4.64. The van der Waals surface area contributed by atoms with Crippen LogP contribution in [0.1, 0.15) is 5.56 Å². The molecule has 0 spiro atoms. The van der Waals surface area contributed by atoms with Gasteiger partial charge in [-0.25, -0.2) is 5.43 Å². The van der Waals surface area contributed by atoms with E-state index in [1.807, 2.05) is 12.1 Å². The summed E-state index contributed by atoms with van der Waals surface area (Å²) < 4.78 is 16.8. The molecule has 6 nitrogen and oxygen atoms in total. The third-order valence-corrected chi connectivity index (χ3v) is 3.74. The number of carbonyl (C=O) groups excluding carboxylic acids is 1. The van der Waals surface area contributed by atoms with Gasteiger partial charge in [-0.15, -0.1) is 0 Å². The summed E-state index contributed by atoms with van der Waals surface area (Å²) in [5.74, 6) is 1.56. The number of rotatable bonds is 7. The van der Waals surface area contributed by atoms with E-state index >= 15 is 0 Å². The third-order valence-electron chi connectivity index (χ3n) is 3.02. The first kappa shape index (κ1) is 18.1. The lowest BCUT2D eigenvalue weighted by molar-refractivity contribution is -0.123. The van der Waals surface area contributed by atoms with Gasteiger partial charge in [-0.2, -0.15) is 5.10 Å². The van der Waals surface area contributed by atoms with Crippen LogP contribution in [0, 0.1) is 3.57 Å². The average Bonchev–Trinajstić information content (AvgIpc) is 2.61. The number of methoxy groups -OCH3 is 2. The van der Waals surface area contributed by atoms with E-state index < -0.39 is 0 Å². The molecule has 0 saturated carbocycles. The normalized spacial score (nSPS) is 10.5. The lowest BCUT2D eigenvalue weighted by Crippen LogP contribution is -2.24. The quantitative estimate of drug-likeness (QED) is 0.409. The minimum absolute atomic E-state index is 0.113. The number of hydrogen-bond acceptors (Lipinski definition) is 5. The molecule has 24 heavy (non-hydrogen) atoms. The molecule has 1 amide bonds. The number of nitrogens with zero attached hydrogens (tertiary/aromatic N) is 1. The Hall–Kier alpha value is -2.29. The molecule has 0 unspecified atom stereocenters. The molecule has 0 aromatic heterocycles. The molecule has 0 atom stereocenters. The molecule has 0 aliphatic carbocycles. The Morgan fingerprint density at radius 2 is 1.83 bits per heavy atom. The van der Waals surface area contributed by atoms with Gasteiger partial charge in [-0.3, -0.25) is 4.79 Å². The van der Waals surface area contributed by atoms with Gasteiger partial charge in [0.2, 0.25) is 0 Å². The Kier molecular flexibility index (Phi) is 6.86. The molecule has 126 valence electrons. The fourth-order valence-corrected chi connectivity index (χ4v) is 2.17. The van der Waals surface area contributed by atoms with Crippen LogP contribution >= 0.6 is 22.6 Å². The Morgan fingerprint density at radius 1 is 1.12 bits per heavy atom. The molecule has 0 fully saturated rings.